The van der Waals surface area contributed by atoms with Gasteiger partial charge in [0.2, 0.25) is 0 Å². The van der Waals surface area contributed by atoms with Gasteiger partial charge in [0.15, 0.2) is 11.6 Å². The first-order valence-electron chi connectivity index (χ1n) is 10.1. The van der Waals surface area contributed by atoms with E-state index in [0.717, 1.165) is 25.0 Å². The summed E-state index contributed by atoms with van der Waals surface area (Å²) in [5.41, 5.74) is 0.817. The predicted octanol–water partition coefficient (Wildman–Crippen LogP) is 4.17. The molecule has 0 bridgehead atoms. The van der Waals surface area contributed by atoms with E-state index in [1.807, 2.05) is 0 Å². The Morgan fingerprint density at radius 1 is 1.16 bits per heavy atom. The number of imidazole rings is 1. The number of amides is 1. The Bertz CT molecular complexity index is 1060. The molecule has 5 nitrogen and oxygen atoms in total. The summed E-state index contributed by atoms with van der Waals surface area (Å²) in [4.78, 5) is 19.1. The smallest absolute Gasteiger partial charge is 0.254 e. The van der Waals surface area contributed by atoms with Gasteiger partial charge < -0.3 is 14.2 Å². The lowest BCUT2D eigenvalue weighted by Crippen LogP contribution is -2.37. The summed E-state index contributed by atoms with van der Waals surface area (Å²) in [6.45, 7) is 1.45. The standard InChI is InChI=1S/C23H22F3N3O2/c24-18-4-1-3-17(12-18)23(30)29(14-19-5-2-10-31-19)15-22-27-8-9-28(22)13-16-6-7-20(25)21(26)11-16/h1,3-4,6-9,11-12,19H,2,5,10,13-15H2/t19-/m0/s1. The van der Waals surface area contributed by atoms with Crippen molar-refractivity contribution in [3.63, 3.8) is 0 Å². The molecule has 2 heterocycles. The van der Waals surface area contributed by atoms with Crippen molar-refractivity contribution in [2.45, 2.75) is 32.0 Å². The van der Waals surface area contributed by atoms with Crippen molar-refractivity contribution in [2.75, 3.05) is 13.2 Å². The van der Waals surface area contributed by atoms with Crippen LogP contribution in [-0.4, -0.2) is 39.6 Å². The zero-order valence-corrected chi connectivity index (χ0v) is 16.8. The van der Waals surface area contributed by atoms with Gasteiger partial charge in [-0.25, -0.2) is 18.2 Å². The van der Waals surface area contributed by atoms with E-state index in [9.17, 15) is 18.0 Å². The molecule has 1 fully saturated rings. The maximum atomic E-state index is 13.7. The Balaban J connectivity index is 1.56. The first kappa shape index (κ1) is 21.1. The largest absolute Gasteiger partial charge is 0.376 e. The van der Waals surface area contributed by atoms with Gasteiger partial charge in [-0.3, -0.25) is 4.79 Å². The van der Waals surface area contributed by atoms with Crippen LogP contribution in [0.25, 0.3) is 0 Å². The monoisotopic (exact) mass is 429 g/mol. The highest BCUT2D eigenvalue weighted by molar-refractivity contribution is 5.94. The van der Waals surface area contributed by atoms with E-state index in [-0.39, 0.29) is 30.7 Å². The molecule has 162 valence electrons. The van der Waals surface area contributed by atoms with Gasteiger partial charge in [0.25, 0.3) is 5.91 Å². The summed E-state index contributed by atoms with van der Waals surface area (Å²) in [5.74, 6) is -2.05. The molecule has 3 aromatic rings. The van der Waals surface area contributed by atoms with Gasteiger partial charge in [0.05, 0.1) is 12.6 Å². The highest BCUT2D eigenvalue weighted by Crippen LogP contribution is 2.18. The predicted molar refractivity (Wildman–Crippen MR) is 108 cm³/mol. The average molecular weight is 429 g/mol. The maximum absolute atomic E-state index is 13.7. The number of hydrogen-bond donors (Lipinski definition) is 0. The fraction of sp³-hybridized carbons (Fsp3) is 0.304. The second-order valence-electron chi connectivity index (χ2n) is 7.55. The van der Waals surface area contributed by atoms with Crippen LogP contribution in [0.1, 0.15) is 34.6 Å². The molecule has 2 aromatic carbocycles. The van der Waals surface area contributed by atoms with Crippen LogP contribution in [0.4, 0.5) is 13.2 Å². The van der Waals surface area contributed by atoms with Crippen LogP contribution in [0.5, 0.6) is 0 Å². The molecule has 0 spiro atoms. The number of carbonyl (C=O) groups is 1. The third-order valence-corrected chi connectivity index (χ3v) is 5.28. The van der Waals surface area contributed by atoms with Crippen LogP contribution in [0, 0.1) is 17.5 Å². The fourth-order valence-electron chi connectivity index (χ4n) is 3.70. The van der Waals surface area contributed by atoms with E-state index in [1.54, 1.807) is 27.9 Å². The Hall–Kier alpha value is -3.13. The van der Waals surface area contributed by atoms with Gasteiger partial charge >= 0.3 is 0 Å². The Morgan fingerprint density at radius 2 is 2.03 bits per heavy atom. The van der Waals surface area contributed by atoms with Gasteiger partial charge in [-0.15, -0.1) is 0 Å². The number of ether oxygens (including phenoxy) is 1. The molecule has 1 amide bonds. The fourth-order valence-corrected chi connectivity index (χ4v) is 3.70. The number of benzene rings is 2. The molecule has 0 saturated carbocycles. The van der Waals surface area contributed by atoms with E-state index < -0.39 is 17.5 Å². The molecule has 0 aliphatic carbocycles. The molecule has 31 heavy (non-hydrogen) atoms. The second-order valence-corrected chi connectivity index (χ2v) is 7.55. The lowest BCUT2D eigenvalue weighted by molar-refractivity contribution is 0.0498. The molecule has 1 aliphatic rings. The van der Waals surface area contributed by atoms with Gasteiger partial charge in [-0.05, 0) is 48.7 Å². The van der Waals surface area contributed by atoms with Crippen molar-refractivity contribution in [1.82, 2.24) is 14.5 Å². The minimum Gasteiger partial charge on any atom is -0.376 e. The number of nitrogens with zero attached hydrogens (tertiary/aromatic N) is 3. The normalized spacial score (nSPS) is 15.9. The Kier molecular flexibility index (Phi) is 6.36. The summed E-state index contributed by atoms with van der Waals surface area (Å²) >= 11 is 0. The van der Waals surface area contributed by atoms with Crippen LogP contribution < -0.4 is 0 Å². The van der Waals surface area contributed by atoms with Crippen LogP contribution in [0.15, 0.2) is 54.9 Å². The molecule has 8 heteroatoms. The molecular weight excluding hydrogens is 407 g/mol. The van der Waals surface area contributed by atoms with Gasteiger partial charge in [0, 0.05) is 37.7 Å². The van der Waals surface area contributed by atoms with Crippen LogP contribution in [0.3, 0.4) is 0 Å². The van der Waals surface area contributed by atoms with Gasteiger partial charge in [0.1, 0.15) is 11.6 Å². The lowest BCUT2D eigenvalue weighted by Gasteiger charge is -2.26. The zero-order valence-electron chi connectivity index (χ0n) is 16.8. The lowest BCUT2D eigenvalue weighted by atomic mass is 10.1. The first-order chi connectivity index (χ1) is 15.0. The molecule has 0 N–H and O–H groups in total. The quantitative estimate of drug-likeness (QED) is 0.567. The van der Waals surface area contributed by atoms with Gasteiger partial charge in [-0.1, -0.05) is 12.1 Å². The van der Waals surface area contributed by atoms with Crippen LogP contribution in [0.2, 0.25) is 0 Å². The van der Waals surface area contributed by atoms with E-state index in [4.69, 9.17) is 4.74 Å². The molecule has 1 saturated heterocycles. The SMILES string of the molecule is O=C(c1cccc(F)c1)N(Cc1nccn1Cc1ccc(F)c(F)c1)C[C@@H]1CCCO1. The van der Waals surface area contributed by atoms with E-state index in [2.05, 4.69) is 4.98 Å². The minimum atomic E-state index is -0.916. The van der Waals surface area contributed by atoms with Crippen molar-refractivity contribution in [2.24, 2.45) is 0 Å². The summed E-state index contributed by atoms with van der Waals surface area (Å²) in [6, 6.07) is 9.29. The second kappa shape index (κ2) is 9.34. The highest BCUT2D eigenvalue weighted by atomic mass is 19.2. The number of carbonyl (C=O) groups excluding carboxylic acids is 1. The molecule has 1 aliphatic heterocycles. The van der Waals surface area contributed by atoms with E-state index in [1.165, 1.54) is 24.3 Å². The summed E-state index contributed by atoms with van der Waals surface area (Å²) in [6.07, 6.45) is 4.99. The first-order valence-corrected chi connectivity index (χ1v) is 10.1. The van der Waals surface area contributed by atoms with Crippen molar-refractivity contribution >= 4 is 5.91 Å². The minimum absolute atomic E-state index is 0.0906. The van der Waals surface area contributed by atoms with Gasteiger partial charge in [-0.2, -0.15) is 0 Å². The van der Waals surface area contributed by atoms with Crippen LogP contribution in [-0.2, 0) is 17.8 Å². The Labute approximate surface area is 178 Å². The summed E-state index contributed by atoms with van der Waals surface area (Å²) < 4.78 is 47.9. The molecule has 0 unspecified atom stereocenters. The van der Waals surface area contributed by atoms with Crippen molar-refractivity contribution in [3.8, 4) is 0 Å². The van der Waals surface area contributed by atoms with Crippen LogP contribution >= 0.6 is 0 Å². The van der Waals surface area contributed by atoms with Crippen molar-refractivity contribution < 1.29 is 22.7 Å². The third-order valence-electron chi connectivity index (χ3n) is 5.28. The molecule has 0 radical (unpaired) electrons. The highest BCUT2D eigenvalue weighted by Gasteiger charge is 2.25. The number of halogens is 3. The zero-order chi connectivity index (χ0) is 21.8. The Morgan fingerprint density at radius 3 is 2.77 bits per heavy atom. The third kappa shape index (κ3) is 5.14. The summed E-state index contributed by atoms with van der Waals surface area (Å²) in [5, 5.41) is 0. The number of aromatic nitrogens is 2. The maximum Gasteiger partial charge on any atom is 0.254 e. The molecule has 1 aromatic heterocycles. The molecular formula is C23H22F3N3O2. The average Bonchev–Trinajstić information content (AvgIpc) is 3.42. The molecule has 1 atom stereocenters. The topological polar surface area (TPSA) is 47.4 Å². The van der Waals surface area contributed by atoms with E-state index >= 15 is 0 Å². The van der Waals surface area contributed by atoms with Crippen molar-refractivity contribution in [1.29, 1.82) is 0 Å². The van der Waals surface area contributed by atoms with E-state index in [0.29, 0.717) is 24.5 Å². The molecule has 4 rings (SSSR count). The summed E-state index contributed by atoms with van der Waals surface area (Å²) in [7, 11) is 0. The number of rotatable bonds is 7. The van der Waals surface area contributed by atoms with Crippen molar-refractivity contribution in [3.05, 3.63) is 89.3 Å². The number of hydrogen-bond acceptors (Lipinski definition) is 3.